The maximum absolute atomic E-state index is 13.9. The van der Waals surface area contributed by atoms with Gasteiger partial charge in [0.05, 0.1) is 16.6 Å². The van der Waals surface area contributed by atoms with E-state index in [0.717, 1.165) is 42.4 Å². The van der Waals surface area contributed by atoms with Gasteiger partial charge in [-0.25, -0.2) is 0 Å². The van der Waals surface area contributed by atoms with Gasteiger partial charge in [-0.15, -0.1) is 0 Å². The number of nitrogens with one attached hydrogen (secondary N) is 2. The van der Waals surface area contributed by atoms with E-state index in [4.69, 9.17) is 0 Å². The largest absolute Gasteiger partial charge is 0.354 e. The molecule has 8 aromatic rings. The minimum absolute atomic E-state index is 0.00555. The predicted molar refractivity (Wildman–Crippen MR) is 217 cm³/mol. The summed E-state index contributed by atoms with van der Waals surface area (Å²) in [5, 5.41) is 5.18. The van der Waals surface area contributed by atoms with Crippen LogP contribution in [-0.2, 0) is 17.4 Å². The van der Waals surface area contributed by atoms with Crippen molar-refractivity contribution >= 4 is 65.4 Å². The van der Waals surface area contributed by atoms with Crippen LogP contribution < -0.4 is 10.9 Å². The molecule has 3 heterocycles. The Labute approximate surface area is 298 Å². The minimum Gasteiger partial charge on any atom is -0.354 e. The number of aromatic amines is 2. The van der Waals surface area contributed by atoms with Crippen LogP contribution in [0.3, 0.4) is 0 Å². The second-order valence-electron chi connectivity index (χ2n) is 16.5. The Morgan fingerprint density at radius 2 is 1.25 bits per heavy atom. The van der Waals surface area contributed by atoms with Crippen LogP contribution in [0.25, 0.3) is 65.4 Å². The molecule has 0 amide bonds. The fourth-order valence-electron chi connectivity index (χ4n) is 8.11. The quantitative estimate of drug-likeness (QED) is 0.172. The van der Waals surface area contributed by atoms with Crippen molar-refractivity contribution in [3.05, 3.63) is 128 Å². The molecule has 0 aliphatic heterocycles. The fraction of sp³-hybridized carbons (Fsp3) is 0.304. The number of aryl methyl sites for hydroxylation is 1. The van der Waals surface area contributed by atoms with E-state index in [1.165, 1.54) is 38.5 Å². The van der Waals surface area contributed by atoms with Crippen LogP contribution in [0.4, 0.5) is 0 Å². The lowest BCUT2D eigenvalue weighted by Crippen LogP contribution is -2.14. The van der Waals surface area contributed by atoms with Gasteiger partial charge in [0.2, 0.25) is 0 Å². The Morgan fingerprint density at radius 3 is 2.00 bits per heavy atom. The zero-order valence-electron chi connectivity index (χ0n) is 30.8. The molecule has 0 aliphatic rings. The Balaban J connectivity index is 1.23. The van der Waals surface area contributed by atoms with E-state index < -0.39 is 0 Å². The predicted octanol–water partition coefficient (Wildman–Crippen LogP) is 11.4. The molecule has 0 radical (unpaired) electrons. The van der Waals surface area contributed by atoms with Crippen LogP contribution in [0, 0.1) is 0 Å². The normalized spacial score (nSPS) is 13.4. The maximum Gasteiger partial charge on any atom is 0.197 e. The van der Waals surface area contributed by atoms with E-state index in [1.54, 1.807) is 0 Å². The van der Waals surface area contributed by atoms with Crippen molar-refractivity contribution in [2.75, 3.05) is 0 Å². The smallest absolute Gasteiger partial charge is 0.197 e. The van der Waals surface area contributed by atoms with Crippen LogP contribution in [-0.4, -0.2) is 14.5 Å². The van der Waals surface area contributed by atoms with Crippen LogP contribution in [0.15, 0.2) is 101 Å². The molecule has 3 aromatic heterocycles. The number of benzene rings is 5. The van der Waals surface area contributed by atoms with Crippen molar-refractivity contribution in [1.29, 1.82) is 0 Å². The topological polar surface area (TPSA) is 70.7 Å². The number of para-hydroxylation sites is 2. The zero-order valence-corrected chi connectivity index (χ0v) is 30.8. The summed E-state index contributed by atoms with van der Waals surface area (Å²) >= 11 is 0. The molecule has 51 heavy (non-hydrogen) atoms. The molecule has 0 saturated carbocycles. The Hall–Kier alpha value is -5.16. The second kappa shape index (κ2) is 12.0. The molecular formula is C46H47N3O2. The molecule has 0 fully saturated rings. The first-order valence-electron chi connectivity index (χ1n) is 18.4. The van der Waals surface area contributed by atoms with E-state index in [0.29, 0.717) is 33.0 Å². The molecule has 2 N–H and O–H groups in total. The molecule has 5 heteroatoms. The van der Waals surface area contributed by atoms with Gasteiger partial charge in [-0.1, -0.05) is 84.9 Å². The lowest BCUT2D eigenvalue weighted by atomic mass is 9.81. The van der Waals surface area contributed by atoms with Gasteiger partial charge < -0.3 is 14.5 Å². The summed E-state index contributed by atoms with van der Waals surface area (Å²) in [7, 11) is 0. The first-order chi connectivity index (χ1) is 24.3. The lowest BCUT2D eigenvalue weighted by molar-refractivity contribution is 0.538. The van der Waals surface area contributed by atoms with Gasteiger partial charge >= 0.3 is 0 Å². The third-order valence-electron chi connectivity index (χ3n) is 11.1. The highest BCUT2D eigenvalue weighted by atomic mass is 16.1. The summed E-state index contributed by atoms with van der Waals surface area (Å²) in [6.45, 7) is 16.8. The molecule has 0 spiro atoms. The van der Waals surface area contributed by atoms with Crippen LogP contribution in [0.1, 0.15) is 90.3 Å². The van der Waals surface area contributed by atoms with Gasteiger partial charge in [-0.3, -0.25) is 9.59 Å². The monoisotopic (exact) mass is 673 g/mol. The Morgan fingerprint density at radius 1 is 0.588 bits per heavy atom. The van der Waals surface area contributed by atoms with E-state index in [9.17, 15) is 9.59 Å². The van der Waals surface area contributed by atoms with Crippen molar-refractivity contribution < 1.29 is 0 Å². The second-order valence-corrected chi connectivity index (χ2v) is 16.5. The van der Waals surface area contributed by atoms with E-state index in [1.807, 2.05) is 60.7 Å². The molecule has 1 atom stereocenters. The number of aromatic nitrogens is 3. The SMILES string of the molecule is CCC(CCCn1c2ccccc2c(=O)c2cc3[nH]c4ccccc4c(=O)c3cc21)c1cc(C(C)(C)C)cc2c1[nH]c1ccc(C(C)(C)C)cc12. The van der Waals surface area contributed by atoms with Crippen molar-refractivity contribution in [2.45, 2.75) is 91.0 Å². The summed E-state index contributed by atoms with van der Waals surface area (Å²) in [5.41, 5.74) is 9.73. The molecule has 8 rings (SSSR count). The summed E-state index contributed by atoms with van der Waals surface area (Å²) < 4.78 is 2.27. The molecule has 5 aromatic carbocycles. The van der Waals surface area contributed by atoms with Gasteiger partial charge in [-0.2, -0.15) is 0 Å². The average Bonchev–Trinajstić information content (AvgIpc) is 3.48. The number of hydrogen-bond acceptors (Lipinski definition) is 2. The van der Waals surface area contributed by atoms with Crippen LogP contribution in [0.2, 0.25) is 0 Å². The number of rotatable bonds is 6. The molecule has 258 valence electrons. The van der Waals surface area contributed by atoms with Gasteiger partial charge in [-0.05, 0) is 107 Å². The standard InChI is InChI=1S/C46H47N3O2/c1-8-27(32-23-29(46(5,6)7)24-34-33-22-28(45(2,3)4)19-20-38(33)48-42(32)34)14-13-21-49-40-18-12-10-16-31(40)44(51)36-25-39-35(26-41(36)49)43(50)30-15-9-11-17-37(30)47-39/h9-12,15-20,22-27,48H,8,13-14,21H2,1-7H3,(H,47,50). The zero-order chi connectivity index (χ0) is 35.8. The number of H-pyrrole nitrogens is 2. The van der Waals surface area contributed by atoms with Gasteiger partial charge in [0.1, 0.15) is 0 Å². The summed E-state index contributed by atoms with van der Waals surface area (Å²) in [6, 6.07) is 31.0. The molecule has 0 aliphatic carbocycles. The van der Waals surface area contributed by atoms with E-state index >= 15 is 0 Å². The van der Waals surface area contributed by atoms with Crippen molar-refractivity contribution in [3.63, 3.8) is 0 Å². The fourth-order valence-corrected chi connectivity index (χ4v) is 8.11. The van der Waals surface area contributed by atoms with Gasteiger partial charge in [0.25, 0.3) is 0 Å². The average molecular weight is 674 g/mol. The van der Waals surface area contributed by atoms with E-state index in [-0.39, 0.29) is 21.7 Å². The summed E-state index contributed by atoms with van der Waals surface area (Å²) in [4.78, 5) is 34.9. The number of hydrogen-bond donors (Lipinski definition) is 2. The first-order valence-corrected chi connectivity index (χ1v) is 18.4. The highest BCUT2D eigenvalue weighted by molar-refractivity contribution is 6.09. The number of pyridine rings is 2. The van der Waals surface area contributed by atoms with Crippen molar-refractivity contribution in [3.8, 4) is 0 Å². The summed E-state index contributed by atoms with van der Waals surface area (Å²) in [6.07, 6.45) is 2.93. The molecule has 0 saturated heterocycles. The highest BCUT2D eigenvalue weighted by Crippen LogP contribution is 2.40. The molecule has 1 unspecified atom stereocenters. The van der Waals surface area contributed by atoms with Gasteiger partial charge in [0, 0.05) is 55.4 Å². The van der Waals surface area contributed by atoms with E-state index in [2.05, 4.69) is 93.3 Å². The van der Waals surface area contributed by atoms with Crippen molar-refractivity contribution in [1.82, 2.24) is 14.5 Å². The molecule has 0 bridgehead atoms. The van der Waals surface area contributed by atoms with Crippen molar-refractivity contribution in [2.24, 2.45) is 0 Å². The Kier molecular flexibility index (Phi) is 7.75. The maximum atomic E-state index is 13.9. The minimum atomic E-state index is -0.0184. The third-order valence-corrected chi connectivity index (χ3v) is 11.1. The Bertz CT molecular complexity index is 2780. The number of fused-ring (bicyclic) bond motifs is 7. The lowest BCUT2D eigenvalue weighted by Gasteiger charge is -2.24. The molecule has 5 nitrogen and oxygen atoms in total. The van der Waals surface area contributed by atoms with Crippen LogP contribution in [0.5, 0.6) is 0 Å². The highest BCUT2D eigenvalue weighted by Gasteiger charge is 2.23. The first kappa shape index (κ1) is 33.0. The molecular weight excluding hydrogens is 627 g/mol. The summed E-state index contributed by atoms with van der Waals surface area (Å²) in [5.74, 6) is 0.344. The number of nitrogens with zero attached hydrogens (tertiary/aromatic N) is 1. The van der Waals surface area contributed by atoms with Gasteiger partial charge in [0.15, 0.2) is 10.9 Å². The third kappa shape index (κ3) is 5.54. The van der Waals surface area contributed by atoms with Crippen LogP contribution >= 0.6 is 0 Å².